The smallest absolute Gasteiger partial charge is 0.122 e. The number of rotatable bonds is 5. The Morgan fingerprint density at radius 2 is 1.56 bits per heavy atom. The van der Waals surface area contributed by atoms with Crippen LogP contribution >= 0.6 is 0 Å². The van der Waals surface area contributed by atoms with Gasteiger partial charge in [-0.1, -0.05) is 36.8 Å². The van der Waals surface area contributed by atoms with E-state index in [0.717, 1.165) is 49.3 Å². The quantitative estimate of drug-likeness (QED) is 0.864. The van der Waals surface area contributed by atoms with Crippen LogP contribution in [0.3, 0.4) is 0 Å². The summed E-state index contributed by atoms with van der Waals surface area (Å²) in [5.74, 6) is 1.46. The van der Waals surface area contributed by atoms with Crippen LogP contribution in [-0.2, 0) is 12.1 Å². The lowest BCUT2D eigenvalue weighted by molar-refractivity contribution is -0.100. The van der Waals surface area contributed by atoms with E-state index < -0.39 is 5.60 Å². The van der Waals surface area contributed by atoms with Gasteiger partial charge in [0.1, 0.15) is 11.5 Å². The van der Waals surface area contributed by atoms with Crippen LogP contribution in [0.4, 0.5) is 0 Å². The molecule has 1 N–H and O–H groups in total. The van der Waals surface area contributed by atoms with E-state index in [1.807, 2.05) is 18.2 Å². The SMILES string of the molecule is COc1cc(OC)cc(C2(O)CC3CCCC(C2)N3Cc2ccccc2)c1. The lowest BCUT2D eigenvalue weighted by Gasteiger charge is -2.52. The van der Waals surface area contributed by atoms with Crippen molar-refractivity contribution in [1.82, 2.24) is 4.90 Å². The highest BCUT2D eigenvalue weighted by Gasteiger charge is 2.46. The Bertz CT molecular complexity index is 740. The molecule has 2 unspecified atom stereocenters. The largest absolute Gasteiger partial charge is 0.497 e. The third kappa shape index (κ3) is 3.69. The van der Waals surface area contributed by atoms with Gasteiger partial charge in [-0.15, -0.1) is 0 Å². The van der Waals surface area contributed by atoms with E-state index in [4.69, 9.17) is 9.47 Å². The van der Waals surface area contributed by atoms with Crippen molar-refractivity contribution in [3.63, 3.8) is 0 Å². The summed E-state index contributed by atoms with van der Waals surface area (Å²) < 4.78 is 10.9. The van der Waals surface area contributed by atoms with Gasteiger partial charge < -0.3 is 14.6 Å². The highest BCUT2D eigenvalue weighted by atomic mass is 16.5. The number of ether oxygens (including phenoxy) is 2. The van der Waals surface area contributed by atoms with Crippen molar-refractivity contribution in [1.29, 1.82) is 0 Å². The predicted octanol–water partition coefficient (Wildman–Crippen LogP) is 4.11. The summed E-state index contributed by atoms with van der Waals surface area (Å²) in [6.45, 7) is 0.966. The summed E-state index contributed by atoms with van der Waals surface area (Å²) in [6.07, 6.45) is 5.05. The summed E-state index contributed by atoms with van der Waals surface area (Å²) in [7, 11) is 3.31. The third-order valence-electron chi connectivity index (χ3n) is 6.26. The summed E-state index contributed by atoms with van der Waals surface area (Å²) >= 11 is 0. The number of aliphatic hydroxyl groups is 1. The lowest BCUT2D eigenvalue weighted by atomic mass is 9.72. The number of benzene rings is 2. The van der Waals surface area contributed by atoms with Crippen LogP contribution in [0, 0.1) is 0 Å². The van der Waals surface area contributed by atoms with Gasteiger partial charge in [-0.2, -0.15) is 0 Å². The van der Waals surface area contributed by atoms with Gasteiger partial charge in [-0.3, -0.25) is 4.90 Å². The average Bonchev–Trinajstić information content (AvgIpc) is 2.69. The van der Waals surface area contributed by atoms with Gasteiger partial charge in [-0.05, 0) is 48.9 Å². The van der Waals surface area contributed by atoms with Crippen LogP contribution in [0.2, 0.25) is 0 Å². The fraction of sp³-hybridized carbons (Fsp3) is 0.478. The van der Waals surface area contributed by atoms with Crippen LogP contribution in [0.25, 0.3) is 0 Å². The molecule has 4 heteroatoms. The van der Waals surface area contributed by atoms with Gasteiger partial charge in [0.25, 0.3) is 0 Å². The molecule has 2 aliphatic rings. The first-order valence-electron chi connectivity index (χ1n) is 9.87. The molecule has 0 radical (unpaired) electrons. The van der Waals surface area contributed by atoms with Gasteiger partial charge in [0.2, 0.25) is 0 Å². The average molecular weight is 367 g/mol. The molecule has 0 spiro atoms. The normalized spacial score (nSPS) is 28.0. The molecular formula is C23H29NO3. The molecule has 2 aliphatic heterocycles. The second-order valence-electron chi connectivity index (χ2n) is 7.94. The van der Waals surface area contributed by atoms with Crippen molar-refractivity contribution < 1.29 is 14.6 Å². The zero-order valence-electron chi connectivity index (χ0n) is 16.2. The second kappa shape index (κ2) is 7.53. The first-order chi connectivity index (χ1) is 13.1. The van der Waals surface area contributed by atoms with Crippen molar-refractivity contribution in [2.24, 2.45) is 0 Å². The first-order valence-corrected chi connectivity index (χ1v) is 9.87. The minimum Gasteiger partial charge on any atom is -0.497 e. The molecule has 2 saturated heterocycles. The molecule has 144 valence electrons. The van der Waals surface area contributed by atoms with Gasteiger partial charge >= 0.3 is 0 Å². The molecule has 0 aromatic heterocycles. The molecule has 0 aliphatic carbocycles. The van der Waals surface area contributed by atoms with Gasteiger partial charge in [-0.25, -0.2) is 0 Å². The van der Waals surface area contributed by atoms with Gasteiger partial charge in [0, 0.05) is 24.7 Å². The molecule has 2 aromatic rings. The summed E-state index contributed by atoms with van der Waals surface area (Å²) in [5, 5.41) is 11.6. The van der Waals surface area contributed by atoms with Crippen LogP contribution in [0.5, 0.6) is 11.5 Å². The maximum absolute atomic E-state index is 11.6. The first kappa shape index (κ1) is 18.3. The second-order valence-corrected chi connectivity index (χ2v) is 7.94. The molecule has 0 amide bonds. The Morgan fingerprint density at radius 3 is 2.11 bits per heavy atom. The lowest BCUT2D eigenvalue weighted by Crippen LogP contribution is -2.56. The van der Waals surface area contributed by atoms with E-state index in [9.17, 15) is 5.11 Å². The predicted molar refractivity (Wildman–Crippen MR) is 106 cm³/mol. The maximum atomic E-state index is 11.6. The topological polar surface area (TPSA) is 41.9 Å². The van der Waals surface area contributed by atoms with E-state index in [1.54, 1.807) is 14.2 Å². The number of nitrogens with zero attached hydrogens (tertiary/aromatic N) is 1. The number of methoxy groups -OCH3 is 2. The molecule has 2 aromatic carbocycles. The summed E-state index contributed by atoms with van der Waals surface area (Å²) in [4.78, 5) is 2.62. The highest BCUT2D eigenvalue weighted by Crippen LogP contribution is 2.46. The highest BCUT2D eigenvalue weighted by molar-refractivity contribution is 5.41. The van der Waals surface area contributed by atoms with Crippen molar-refractivity contribution in [2.45, 2.75) is 56.3 Å². The Kier molecular flexibility index (Phi) is 5.11. The molecule has 27 heavy (non-hydrogen) atoms. The zero-order valence-corrected chi connectivity index (χ0v) is 16.2. The Hall–Kier alpha value is -2.04. The van der Waals surface area contributed by atoms with E-state index in [-0.39, 0.29) is 0 Å². The minimum absolute atomic E-state index is 0.403. The number of hydrogen-bond donors (Lipinski definition) is 1. The van der Waals surface area contributed by atoms with Crippen LogP contribution in [-0.4, -0.2) is 36.3 Å². The monoisotopic (exact) mass is 367 g/mol. The van der Waals surface area contributed by atoms with E-state index in [2.05, 4.69) is 35.2 Å². The summed E-state index contributed by atoms with van der Waals surface area (Å²) in [6, 6.07) is 17.3. The molecule has 2 bridgehead atoms. The Morgan fingerprint density at radius 1 is 0.963 bits per heavy atom. The van der Waals surface area contributed by atoms with E-state index in [1.165, 1.54) is 12.0 Å². The maximum Gasteiger partial charge on any atom is 0.122 e. The Labute approximate surface area is 161 Å². The fourth-order valence-electron chi connectivity index (χ4n) is 4.88. The van der Waals surface area contributed by atoms with Crippen molar-refractivity contribution >= 4 is 0 Å². The number of fused-ring (bicyclic) bond motifs is 2. The molecule has 2 heterocycles. The number of hydrogen-bond acceptors (Lipinski definition) is 4. The van der Waals surface area contributed by atoms with Crippen molar-refractivity contribution in [3.8, 4) is 11.5 Å². The van der Waals surface area contributed by atoms with Crippen LogP contribution in [0.1, 0.15) is 43.2 Å². The van der Waals surface area contributed by atoms with E-state index in [0.29, 0.717) is 12.1 Å². The zero-order chi connectivity index (χ0) is 18.9. The number of piperidine rings is 2. The molecule has 2 atom stereocenters. The van der Waals surface area contributed by atoms with Crippen molar-refractivity contribution in [2.75, 3.05) is 14.2 Å². The van der Waals surface area contributed by atoms with Gasteiger partial charge in [0.05, 0.1) is 19.8 Å². The van der Waals surface area contributed by atoms with Gasteiger partial charge in [0.15, 0.2) is 0 Å². The molecule has 0 saturated carbocycles. The van der Waals surface area contributed by atoms with E-state index >= 15 is 0 Å². The summed E-state index contributed by atoms with van der Waals surface area (Å²) in [5.41, 5.74) is 1.43. The standard InChI is InChI=1S/C23H29NO3/c1-26-21-11-18(12-22(13-21)27-2)23(25)14-19-9-6-10-20(15-23)24(19)16-17-7-4-3-5-8-17/h3-5,7-8,11-13,19-20,25H,6,9-10,14-16H2,1-2H3. The molecular weight excluding hydrogens is 338 g/mol. The fourth-order valence-corrected chi connectivity index (χ4v) is 4.88. The minimum atomic E-state index is -0.829. The Balaban J connectivity index is 1.60. The van der Waals surface area contributed by atoms with Crippen LogP contribution < -0.4 is 9.47 Å². The molecule has 4 rings (SSSR count). The third-order valence-corrected chi connectivity index (χ3v) is 6.26. The van der Waals surface area contributed by atoms with Crippen LogP contribution in [0.15, 0.2) is 48.5 Å². The van der Waals surface area contributed by atoms with Crippen molar-refractivity contribution in [3.05, 3.63) is 59.7 Å². The molecule has 4 nitrogen and oxygen atoms in total. The molecule has 2 fully saturated rings.